The van der Waals surface area contributed by atoms with E-state index in [9.17, 15) is 14.9 Å². The molecule has 2 N–H and O–H groups in total. The summed E-state index contributed by atoms with van der Waals surface area (Å²) in [5.74, 6) is 1.03. The van der Waals surface area contributed by atoms with E-state index in [2.05, 4.69) is 75.4 Å². The van der Waals surface area contributed by atoms with Gasteiger partial charge < -0.3 is 10.6 Å². The largest absolute Gasteiger partial charge is 0.368 e. The molecule has 1 fully saturated rings. The van der Waals surface area contributed by atoms with Crippen LogP contribution in [0.2, 0.25) is 0 Å². The molecule has 2 aromatic rings. The Kier molecular flexibility index (Phi) is 10.5. The Morgan fingerprint density at radius 3 is 2.18 bits per heavy atom. The maximum Gasteiger partial charge on any atom is 0.287 e. The van der Waals surface area contributed by atoms with Crippen molar-refractivity contribution in [1.82, 2.24) is 10.3 Å². The van der Waals surface area contributed by atoms with Crippen LogP contribution in [0.1, 0.15) is 78.4 Å². The zero-order valence-electron chi connectivity index (χ0n) is 23.5. The molecule has 2 unspecified atom stereocenters. The molecule has 1 heterocycles. The van der Waals surface area contributed by atoms with Crippen molar-refractivity contribution < 1.29 is 9.72 Å². The van der Waals surface area contributed by atoms with E-state index in [1.54, 1.807) is 17.8 Å². The Bertz CT molecular complexity index is 1060. The van der Waals surface area contributed by atoms with Gasteiger partial charge in [-0.15, -0.1) is 23.5 Å². The van der Waals surface area contributed by atoms with Crippen molar-refractivity contribution in [2.75, 3.05) is 24.2 Å². The molecule has 2 atom stereocenters. The Morgan fingerprint density at radius 1 is 1.00 bits per heavy atom. The highest BCUT2D eigenvalue weighted by molar-refractivity contribution is 8.04. The zero-order valence-corrected chi connectivity index (χ0v) is 25.1. The number of rotatable bonds is 10. The molecule has 0 saturated heterocycles. The number of thioether (sulfide) groups is 2. The lowest BCUT2D eigenvalue weighted by atomic mass is 9.81. The van der Waals surface area contributed by atoms with Gasteiger partial charge in [-0.3, -0.25) is 14.9 Å². The number of carbonyl (C=O) groups excluding carboxylic acids is 1. The van der Waals surface area contributed by atoms with Crippen molar-refractivity contribution in [3.63, 3.8) is 0 Å². The molecule has 0 aliphatic heterocycles. The fraction of sp³-hybridized carbons (Fsp3) is 0.586. The minimum absolute atomic E-state index is 0.0348. The first-order chi connectivity index (χ1) is 17.8. The van der Waals surface area contributed by atoms with Gasteiger partial charge in [-0.1, -0.05) is 60.5 Å². The Hall–Kier alpha value is -2.26. The van der Waals surface area contributed by atoms with Gasteiger partial charge in [0.25, 0.3) is 5.69 Å². The smallest absolute Gasteiger partial charge is 0.287 e. The number of aromatic nitrogens is 1. The summed E-state index contributed by atoms with van der Waals surface area (Å²) in [5, 5.41) is 17.7. The third kappa shape index (κ3) is 9.19. The summed E-state index contributed by atoms with van der Waals surface area (Å²) in [4.78, 5) is 28.2. The van der Waals surface area contributed by atoms with Crippen LogP contribution in [0.5, 0.6) is 0 Å². The van der Waals surface area contributed by atoms with Gasteiger partial charge >= 0.3 is 0 Å². The second-order valence-electron chi connectivity index (χ2n) is 12.0. The number of pyridine rings is 1. The highest BCUT2D eigenvalue weighted by Gasteiger charge is 2.28. The molecular weight excluding hydrogens is 516 g/mol. The van der Waals surface area contributed by atoms with E-state index in [-0.39, 0.29) is 22.4 Å². The quantitative estimate of drug-likeness (QED) is 0.185. The van der Waals surface area contributed by atoms with E-state index in [1.165, 1.54) is 47.5 Å². The monoisotopic (exact) mass is 558 g/mol. The topological polar surface area (TPSA) is 97.2 Å². The number of nitro groups is 1. The molecule has 3 rings (SSSR count). The minimum Gasteiger partial charge on any atom is -0.368 e. The van der Waals surface area contributed by atoms with Crippen LogP contribution in [-0.2, 0) is 15.6 Å². The number of nitrogens with one attached hydrogen (secondary N) is 2. The molecule has 0 spiro atoms. The van der Waals surface area contributed by atoms with Crippen LogP contribution >= 0.6 is 23.5 Å². The average Bonchev–Trinajstić information content (AvgIpc) is 2.85. The van der Waals surface area contributed by atoms with Crippen molar-refractivity contribution in [3.05, 3.63) is 57.8 Å². The van der Waals surface area contributed by atoms with Crippen molar-refractivity contribution >= 4 is 40.9 Å². The van der Waals surface area contributed by atoms with Crippen LogP contribution in [0.15, 0.2) is 41.4 Å². The van der Waals surface area contributed by atoms with E-state index < -0.39 is 4.92 Å². The van der Waals surface area contributed by atoms with Gasteiger partial charge in [0.05, 0.1) is 10.7 Å². The van der Waals surface area contributed by atoms with Crippen molar-refractivity contribution in [1.29, 1.82) is 0 Å². The second-order valence-corrected chi connectivity index (χ2v) is 14.5. The van der Waals surface area contributed by atoms with E-state index in [0.717, 1.165) is 6.42 Å². The molecule has 1 aromatic carbocycles. The normalized spacial score (nSPS) is 18.2. The molecule has 9 heteroatoms. The molecule has 0 bridgehead atoms. The molecule has 1 amide bonds. The summed E-state index contributed by atoms with van der Waals surface area (Å²) < 4.78 is 0. The zero-order chi connectivity index (χ0) is 27.9. The lowest BCUT2D eigenvalue weighted by Crippen LogP contribution is -2.32. The predicted molar refractivity (Wildman–Crippen MR) is 161 cm³/mol. The molecule has 0 radical (unpaired) electrons. The Morgan fingerprint density at radius 2 is 1.63 bits per heavy atom. The first kappa shape index (κ1) is 30.3. The first-order valence-electron chi connectivity index (χ1n) is 13.4. The molecule has 1 aliphatic carbocycles. The number of carbonyl (C=O) groups is 1. The van der Waals surface area contributed by atoms with Gasteiger partial charge in [-0.2, -0.15) is 0 Å². The van der Waals surface area contributed by atoms with Crippen LogP contribution in [0, 0.1) is 10.1 Å². The van der Waals surface area contributed by atoms with E-state index in [4.69, 9.17) is 0 Å². The molecule has 1 aliphatic rings. The molecule has 208 valence electrons. The molecule has 1 saturated carbocycles. The number of hydrogen-bond acceptors (Lipinski definition) is 7. The maximum atomic E-state index is 12.5. The standard InChI is InChI=1S/C29H42N4O3S2/c1-28(2,3)20-15-21(29(4,5)6)17-23(16-20)38-25-10-8-7-9-24(25)37-19-27(34)31-14-13-30-26-12-11-22(18-32-26)33(35)36/h11-12,15-18,24-25H,7-10,13-14,19H2,1-6H3,(H,30,32)(H,31,34). The van der Waals surface area contributed by atoms with Gasteiger partial charge in [0, 0.05) is 34.6 Å². The number of anilines is 1. The summed E-state index contributed by atoms with van der Waals surface area (Å²) in [6.07, 6.45) is 6.01. The summed E-state index contributed by atoms with van der Waals surface area (Å²) in [6, 6.07) is 10.1. The molecule has 7 nitrogen and oxygen atoms in total. The predicted octanol–water partition coefficient (Wildman–Crippen LogP) is 6.95. The molecular formula is C29H42N4O3S2. The van der Waals surface area contributed by atoms with E-state index in [1.807, 2.05) is 11.8 Å². The summed E-state index contributed by atoms with van der Waals surface area (Å²) in [7, 11) is 0. The number of nitrogens with zero attached hydrogens (tertiary/aromatic N) is 2. The number of amides is 1. The maximum absolute atomic E-state index is 12.5. The van der Waals surface area contributed by atoms with E-state index >= 15 is 0 Å². The van der Waals surface area contributed by atoms with Gasteiger partial charge in [0.1, 0.15) is 12.0 Å². The molecule has 1 aromatic heterocycles. The number of benzene rings is 1. The Balaban J connectivity index is 1.51. The lowest BCUT2D eigenvalue weighted by molar-refractivity contribution is -0.385. The van der Waals surface area contributed by atoms with Gasteiger partial charge in [-0.05, 0) is 53.0 Å². The highest BCUT2D eigenvalue weighted by Crippen LogP contribution is 2.42. The van der Waals surface area contributed by atoms with Crippen LogP contribution in [0.3, 0.4) is 0 Å². The fourth-order valence-corrected chi connectivity index (χ4v) is 7.19. The van der Waals surface area contributed by atoms with Gasteiger partial charge in [-0.25, -0.2) is 4.98 Å². The van der Waals surface area contributed by atoms with Crippen LogP contribution in [0.25, 0.3) is 0 Å². The summed E-state index contributed by atoms with van der Waals surface area (Å²) in [5.41, 5.74) is 2.91. The molecule has 38 heavy (non-hydrogen) atoms. The van der Waals surface area contributed by atoms with Crippen molar-refractivity contribution in [2.24, 2.45) is 0 Å². The first-order valence-corrected chi connectivity index (χ1v) is 15.3. The van der Waals surface area contributed by atoms with E-state index in [0.29, 0.717) is 35.2 Å². The van der Waals surface area contributed by atoms with Crippen LogP contribution < -0.4 is 10.6 Å². The van der Waals surface area contributed by atoms with Gasteiger partial charge in [0.2, 0.25) is 5.91 Å². The second kappa shape index (κ2) is 13.2. The third-order valence-corrected chi connectivity index (χ3v) is 9.68. The SMILES string of the molecule is CC(C)(C)c1cc(SC2CCCCC2SCC(=O)NCCNc2ccc([N+](=O)[O-])cn2)cc(C(C)(C)C)c1. The van der Waals surface area contributed by atoms with Crippen LogP contribution in [-0.4, -0.2) is 45.2 Å². The summed E-state index contributed by atoms with van der Waals surface area (Å²) >= 11 is 3.78. The lowest BCUT2D eigenvalue weighted by Gasteiger charge is -2.32. The Labute approximate surface area is 235 Å². The summed E-state index contributed by atoms with van der Waals surface area (Å²) in [6.45, 7) is 14.6. The average molecular weight is 559 g/mol. The van der Waals surface area contributed by atoms with Crippen LogP contribution in [0.4, 0.5) is 11.5 Å². The highest BCUT2D eigenvalue weighted by atomic mass is 32.2. The minimum atomic E-state index is -0.476. The van der Waals surface area contributed by atoms with Gasteiger partial charge in [0.15, 0.2) is 0 Å². The van der Waals surface area contributed by atoms with Crippen molar-refractivity contribution in [3.8, 4) is 0 Å². The fourth-order valence-electron chi connectivity index (χ4n) is 4.32. The number of hydrogen-bond donors (Lipinski definition) is 2. The van der Waals surface area contributed by atoms with Crippen molar-refractivity contribution in [2.45, 2.75) is 93.5 Å². The third-order valence-electron chi connectivity index (χ3n) is 6.71.